The van der Waals surface area contributed by atoms with E-state index in [1.54, 1.807) is 22.9 Å². The Labute approximate surface area is 160 Å². The van der Waals surface area contributed by atoms with Gasteiger partial charge in [-0.3, -0.25) is 9.20 Å². The zero-order valence-electron chi connectivity index (χ0n) is 15.5. The summed E-state index contributed by atoms with van der Waals surface area (Å²) < 4.78 is 37.9. The number of halogens is 2. The topological polar surface area (TPSA) is 57.8 Å². The standard InChI is InChI=1S/C20H21F2N3O3/c1-13-11-25-17(10-23-18(25)15-6-8-27-9-7-15)19(26)24(13)12-14-2-4-16(5-3-14)28-20(21)22/h2-5,10-11,15,20H,6-9,12H2,1H3. The minimum absolute atomic E-state index is 0.0927. The first-order valence-corrected chi connectivity index (χ1v) is 9.22. The van der Waals surface area contributed by atoms with Gasteiger partial charge >= 0.3 is 6.61 Å². The number of imidazole rings is 1. The van der Waals surface area contributed by atoms with Crippen molar-refractivity contribution in [2.24, 2.45) is 0 Å². The highest BCUT2D eigenvalue weighted by molar-refractivity contribution is 5.45. The van der Waals surface area contributed by atoms with E-state index in [1.165, 1.54) is 12.1 Å². The Balaban J connectivity index is 1.64. The Morgan fingerprint density at radius 1 is 1.25 bits per heavy atom. The number of aromatic nitrogens is 3. The molecule has 4 rings (SSSR count). The zero-order chi connectivity index (χ0) is 19.7. The predicted molar refractivity (Wildman–Crippen MR) is 99.2 cm³/mol. The van der Waals surface area contributed by atoms with Crippen LogP contribution in [-0.4, -0.2) is 33.8 Å². The summed E-state index contributed by atoms with van der Waals surface area (Å²) in [7, 11) is 0. The van der Waals surface area contributed by atoms with Crippen molar-refractivity contribution in [2.75, 3.05) is 13.2 Å². The molecule has 0 N–H and O–H groups in total. The van der Waals surface area contributed by atoms with Gasteiger partial charge in [-0.25, -0.2) is 4.98 Å². The maximum absolute atomic E-state index is 13.0. The number of rotatable bonds is 5. The largest absolute Gasteiger partial charge is 0.435 e. The first-order chi connectivity index (χ1) is 13.5. The number of nitrogens with zero attached hydrogens (tertiary/aromatic N) is 3. The Hall–Kier alpha value is -2.74. The average molecular weight is 389 g/mol. The summed E-state index contributed by atoms with van der Waals surface area (Å²) in [5.41, 5.74) is 2.03. The maximum atomic E-state index is 13.0. The van der Waals surface area contributed by atoms with Gasteiger partial charge in [-0.05, 0) is 37.5 Å². The predicted octanol–water partition coefficient (Wildman–Crippen LogP) is 3.35. The van der Waals surface area contributed by atoms with Crippen molar-refractivity contribution >= 4 is 5.52 Å². The minimum Gasteiger partial charge on any atom is -0.435 e. The molecule has 1 saturated heterocycles. The number of benzene rings is 1. The Bertz CT molecular complexity index is 1020. The minimum atomic E-state index is -2.86. The molecule has 0 bridgehead atoms. The Morgan fingerprint density at radius 3 is 2.64 bits per heavy atom. The van der Waals surface area contributed by atoms with Crippen molar-refractivity contribution in [2.45, 2.75) is 38.8 Å². The van der Waals surface area contributed by atoms with E-state index in [0.29, 0.717) is 25.3 Å². The van der Waals surface area contributed by atoms with Crippen LogP contribution in [0.25, 0.3) is 5.52 Å². The summed E-state index contributed by atoms with van der Waals surface area (Å²) in [6, 6.07) is 6.31. The summed E-state index contributed by atoms with van der Waals surface area (Å²) >= 11 is 0. The SMILES string of the molecule is Cc1cn2c(C3CCOCC3)ncc2c(=O)n1Cc1ccc(OC(F)F)cc1. The normalized spacial score (nSPS) is 15.4. The molecule has 148 valence electrons. The zero-order valence-corrected chi connectivity index (χ0v) is 15.5. The second-order valence-electron chi connectivity index (χ2n) is 6.94. The summed E-state index contributed by atoms with van der Waals surface area (Å²) in [5.74, 6) is 1.28. The summed E-state index contributed by atoms with van der Waals surface area (Å²) in [4.78, 5) is 17.5. The lowest BCUT2D eigenvalue weighted by Crippen LogP contribution is -2.25. The lowest BCUT2D eigenvalue weighted by atomic mass is 10.00. The second-order valence-corrected chi connectivity index (χ2v) is 6.94. The molecule has 3 aromatic rings. The number of fused-ring (bicyclic) bond motifs is 1. The Morgan fingerprint density at radius 2 is 1.96 bits per heavy atom. The van der Waals surface area contributed by atoms with Crippen molar-refractivity contribution in [1.29, 1.82) is 0 Å². The highest BCUT2D eigenvalue weighted by atomic mass is 19.3. The van der Waals surface area contributed by atoms with Crippen LogP contribution in [0, 0.1) is 6.92 Å². The van der Waals surface area contributed by atoms with Crippen LogP contribution in [0.15, 0.2) is 41.5 Å². The monoisotopic (exact) mass is 389 g/mol. The van der Waals surface area contributed by atoms with Gasteiger partial charge in [-0.1, -0.05) is 12.1 Å². The fraction of sp³-hybridized carbons (Fsp3) is 0.400. The molecule has 1 fully saturated rings. The summed E-state index contributed by atoms with van der Waals surface area (Å²) in [6.45, 7) is 0.781. The first-order valence-electron chi connectivity index (χ1n) is 9.22. The second kappa shape index (κ2) is 7.71. The van der Waals surface area contributed by atoms with Crippen molar-refractivity contribution in [1.82, 2.24) is 14.0 Å². The van der Waals surface area contributed by atoms with E-state index in [9.17, 15) is 13.6 Å². The van der Waals surface area contributed by atoms with Gasteiger partial charge in [0.25, 0.3) is 5.56 Å². The molecule has 1 aliphatic rings. The van der Waals surface area contributed by atoms with E-state index in [-0.39, 0.29) is 17.2 Å². The van der Waals surface area contributed by atoms with E-state index in [1.807, 2.05) is 17.5 Å². The number of hydrogen-bond acceptors (Lipinski definition) is 4. The molecule has 6 nitrogen and oxygen atoms in total. The van der Waals surface area contributed by atoms with Gasteiger partial charge in [0.15, 0.2) is 0 Å². The fourth-order valence-electron chi connectivity index (χ4n) is 3.64. The maximum Gasteiger partial charge on any atom is 0.387 e. The van der Waals surface area contributed by atoms with Gasteiger partial charge in [-0.2, -0.15) is 8.78 Å². The summed E-state index contributed by atoms with van der Waals surface area (Å²) in [6.07, 6.45) is 5.36. The van der Waals surface area contributed by atoms with Gasteiger partial charge < -0.3 is 14.0 Å². The lowest BCUT2D eigenvalue weighted by Gasteiger charge is -2.21. The third-order valence-corrected chi connectivity index (χ3v) is 5.11. The van der Waals surface area contributed by atoms with Crippen LogP contribution in [0.4, 0.5) is 8.78 Å². The van der Waals surface area contributed by atoms with Crippen LogP contribution in [0.3, 0.4) is 0 Å². The Kier molecular flexibility index (Phi) is 5.13. The molecular formula is C20H21F2N3O3. The van der Waals surface area contributed by atoms with Crippen LogP contribution in [0.1, 0.15) is 35.8 Å². The molecule has 28 heavy (non-hydrogen) atoms. The van der Waals surface area contributed by atoms with Gasteiger partial charge in [-0.15, -0.1) is 0 Å². The molecule has 8 heteroatoms. The van der Waals surface area contributed by atoms with Crippen LogP contribution < -0.4 is 10.3 Å². The van der Waals surface area contributed by atoms with Crippen molar-refractivity contribution in [3.8, 4) is 5.75 Å². The van der Waals surface area contributed by atoms with Crippen LogP contribution in [0.2, 0.25) is 0 Å². The molecule has 0 aliphatic carbocycles. The molecule has 0 spiro atoms. The van der Waals surface area contributed by atoms with E-state index >= 15 is 0 Å². The fourth-order valence-corrected chi connectivity index (χ4v) is 3.64. The van der Waals surface area contributed by atoms with E-state index < -0.39 is 6.61 Å². The van der Waals surface area contributed by atoms with Crippen molar-refractivity contribution in [3.63, 3.8) is 0 Å². The molecule has 0 saturated carbocycles. The highest BCUT2D eigenvalue weighted by Gasteiger charge is 2.22. The van der Waals surface area contributed by atoms with Gasteiger partial charge in [0.1, 0.15) is 17.1 Å². The number of hydrogen-bond donors (Lipinski definition) is 0. The van der Waals surface area contributed by atoms with Crippen LogP contribution in [-0.2, 0) is 11.3 Å². The highest BCUT2D eigenvalue weighted by Crippen LogP contribution is 2.26. The van der Waals surface area contributed by atoms with Gasteiger partial charge in [0, 0.05) is 31.0 Å². The molecule has 0 radical (unpaired) electrons. The van der Waals surface area contributed by atoms with Crippen LogP contribution >= 0.6 is 0 Å². The third-order valence-electron chi connectivity index (χ3n) is 5.11. The lowest BCUT2D eigenvalue weighted by molar-refractivity contribution is -0.0498. The molecule has 2 aromatic heterocycles. The molecule has 0 unspecified atom stereocenters. The average Bonchev–Trinajstić information content (AvgIpc) is 3.10. The quantitative estimate of drug-likeness (QED) is 0.672. The van der Waals surface area contributed by atoms with Crippen LogP contribution in [0.5, 0.6) is 5.75 Å². The van der Waals surface area contributed by atoms with Gasteiger partial charge in [0.05, 0.1) is 12.7 Å². The number of alkyl halides is 2. The van der Waals surface area contributed by atoms with E-state index in [2.05, 4.69) is 9.72 Å². The smallest absolute Gasteiger partial charge is 0.387 e. The van der Waals surface area contributed by atoms with E-state index in [0.717, 1.165) is 29.9 Å². The molecular weight excluding hydrogens is 368 g/mol. The van der Waals surface area contributed by atoms with Crippen molar-refractivity contribution < 1.29 is 18.3 Å². The summed E-state index contributed by atoms with van der Waals surface area (Å²) in [5, 5.41) is 0. The third kappa shape index (κ3) is 3.64. The van der Waals surface area contributed by atoms with Gasteiger partial charge in [0.2, 0.25) is 0 Å². The molecule has 0 amide bonds. The number of aryl methyl sites for hydroxylation is 1. The molecule has 1 aromatic carbocycles. The van der Waals surface area contributed by atoms with E-state index in [4.69, 9.17) is 4.74 Å². The van der Waals surface area contributed by atoms with Crippen molar-refractivity contribution in [3.05, 3.63) is 64.1 Å². The molecule has 1 aliphatic heterocycles. The number of ether oxygens (including phenoxy) is 2. The molecule has 0 atom stereocenters. The first kappa shape index (κ1) is 18.6. The molecule has 3 heterocycles.